The molecule has 6 nitrogen and oxygen atoms in total. The highest BCUT2D eigenvalue weighted by Crippen LogP contribution is 2.32. The van der Waals surface area contributed by atoms with Gasteiger partial charge in [-0.3, -0.25) is 4.90 Å². The van der Waals surface area contributed by atoms with Crippen LogP contribution in [-0.2, 0) is 4.74 Å². The van der Waals surface area contributed by atoms with Crippen molar-refractivity contribution in [3.8, 4) is 6.07 Å². The van der Waals surface area contributed by atoms with E-state index in [0.717, 1.165) is 42.7 Å². The highest BCUT2D eigenvalue weighted by molar-refractivity contribution is 5.89. The molecule has 2 saturated heterocycles. The Bertz CT molecular complexity index is 858. The van der Waals surface area contributed by atoms with Gasteiger partial charge in [-0.2, -0.15) is 5.26 Å². The minimum Gasteiger partial charge on any atom is -0.372 e. The van der Waals surface area contributed by atoms with E-state index in [1.807, 2.05) is 12.1 Å². The summed E-state index contributed by atoms with van der Waals surface area (Å²) in [4.78, 5) is 11.5. The number of aromatic nitrogens is 2. The van der Waals surface area contributed by atoms with E-state index in [1.54, 1.807) is 12.4 Å². The molecule has 1 N–H and O–H groups in total. The molecule has 3 heterocycles. The zero-order valence-corrected chi connectivity index (χ0v) is 15.5. The Balaban J connectivity index is 1.24. The third-order valence-electron chi connectivity index (χ3n) is 6.39. The molecule has 0 radical (unpaired) electrons. The predicted molar refractivity (Wildman–Crippen MR) is 103 cm³/mol. The quantitative estimate of drug-likeness (QED) is 0.903. The molecule has 2 aliphatic heterocycles. The normalized spacial score (nSPS) is 30.9. The van der Waals surface area contributed by atoms with Crippen molar-refractivity contribution in [2.75, 3.05) is 18.4 Å². The molecule has 1 aromatic carbocycles. The van der Waals surface area contributed by atoms with Crippen LogP contribution in [0.3, 0.4) is 0 Å². The lowest BCUT2D eigenvalue weighted by atomic mass is 9.89. The molecule has 2 aromatic rings. The molecular formula is C21H25N5O. The molecule has 27 heavy (non-hydrogen) atoms. The Morgan fingerprint density at radius 1 is 1.04 bits per heavy atom. The highest BCUT2D eigenvalue weighted by Gasteiger charge is 2.37. The number of hydrogen-bond donors (Lipinski definition) is 1. The number of nitrogens with zero attached hydrogens (tertiary/aromatic N) is 4. The second-order valence-corrected chi connectivity index (χ2v) is 8.13. The summed E-state index contributed by atoms with van der Waals surface area (Å²) in [6.07, 6.45) is 9.79. The largest absolute Gasteiger partial charge is 0.372 e. The van der Waals surface area contributed by atoms with Gasteiger partial charge in [-0.1, -0.05) is 0 Å². The maximum absolute atomic E-state index is 9.18. The van der Waals surface area contributed by atoms with Crippen molar-refractivity contribution < 1.29 is 4.74 Å². The van der Waals surface area contributed by atoms with E-state index in [0.29, 0.717) is 29.9 Å². The van der Waals surface area contributed by atoms with Crippen LogP contribution in [0.1, 0.15) is 44.1 Å². The minimum absolute atomic E-state index is 0.433. The van der Waals surface area contributed by atoms with Crippen LogP contribution < -0.4 is 5.32 Å². The smallest absolute Gasteiger partial charge is 0.137 e. The summed E-state index contributed by atoms with van der Waals surface area (Å²) in [5.74, 6) is 0.852. The molecular weight excluding hydrogens is 338 g/mol. The summed E-state index contributed by atoms with van der Waals surface area (Å²) < 4.78 is 5.99. The fraction of sp³-hybridized carbons (Fsp3) is 0.571. The summed E-state index contributed by atoms with van der Waals surface area (Å²) in [5, 5.41) is 13.7. The van der Waals surface area contributed by atoms with Crippen LogP contribution in [0.5, 0.6) is 0 Å². The van der Waals surface area contributed by atoms with Gasteiger partial charge in [0.25, 0.3) is 0 Å². The van der Waals surface area contributed by atoms with Crippen LogP contribution in [0.4, 0.5) is 5.82 Å². The summed E-state index contributed by atoms with van der Waals surface area (Å²) in [7, 11) is 0. The first-order valence-corrected chi connectivity index (χ1v) is 10.1. The lowest BCUT2D eigenvalue weighted by Crippen LogP contribution is -2.49. The molecule has 1 aliphatic carbocycles. The average Bonchev–Trinajstić information content (AvgIpc) is 3.06. The Morgan fingerprint density at radius 3 is 2.56 bits per heavy atom. The number of nitrogens with one attached hydrogen (secondary N) is 1. The van der Waals surface area contributed by atoms with Crippen LogP contribution in [-0.4, -0.2) is 52.2 Å². The molecule has 5 rings (SSSR count). The molecule has 140 valence electrons. The molecule has 2 bridgehead atoms. The van der Waals surface area contributed by atoms with Crippen LogP contribution in [0.2, 0.25) is 0 Å². The van der Waals surface area contributed by atoms with Gasteiger partial charge in [0.05, 0.1) is 29.4 Å². The zero-order valence-electron chi connectivity index (χ0n) is 15.5. The van der Waals surface area contributed by atoms with Crippen LogP contribution in [0.15, 0.2) is 24.5 Å². The molecule has 0 spiro atoms. The maximum Gasteiger partial charge on any atom is 0.137 e. The number of rotatable bonds is 3. The zero-order chi connectivity index (χ0) is 18.2. The van der Waals surface area contributed by atoms with Crippen molar-refractivity contribution in [2.24, 2.45) is 0 Å². The number of ether oxygens (including phenoxy) is 1. The fourth-order valence-electron chi connectivity index (χ4n) is 4.96. The lowest BCUT2D eigenvalue weighted by molar-refractivity contribution is -0.0575. The molecule has 1 saturated carbocycles. The number of nitriles is 1. The molecule has 3 fully saturated rings. The van der Waals surface area contributed by atoms with Crippen LogP contribution in [0.25, 0.3) is 10.9 Å². The first-order chi connectivity index (χ1) is 13.3. The molecule has 6 heteroatoms. The third-order valence-corrected chi connectivity index (χ3v) is 6.39. The number of hydrogen-bond acceptors (Lipinski definition) is 6. The standard InChI is InChI=1S/C21H25N5O/c22-10-14-1-8-20-19(9-14)21(24-13-23-20)25-15-2-4-16(5-3-15)26-11-17-6-7-18(12-26)27-17/h1,8-9,13,15-18H,2-7,11-12H2,(H,23,24,25)/t15?,16?,17-,18+. The second-order valence-electron chi connectivity index (χ2n) is 8.13. The van der Waals surface area contributed by atoms with E-state index in [1.165, 1.54) is 25.7 Å². The van der Waals surface area contributed by atoms with Crippen LogP contribution >= 0.6 is 0 Å². The second kappa shape index (κ2) is 7.06. The predicted octanol–water partition coefficient (Wildman–Crippen LogP) is 3.09. The van der Waals surface area contributed by atoms with Gasteiger partial charge in [0.2, 0.25) is 0 Å². The topological polar surface area (TPSA) is 74.1 Å². The first kappa shape index (κ1) is 16.9. The number of fused-ring (bicyclic) bond motifs is 3. The van der Waals surface area contributed by atoms with E-state index < -0.39 is 0 Å². The SMILES string of the molecule is N#Cc1ccc2ncnc(NC3CCC(N4C[C@H]5CC[C@@H](C4)O5)CC3)c2c1. The monoisotopic (exact) mass is 363 g/mol. The molecule has 3 aliphatic rings. The van der Waals surface area contributed by atoms with E-state index >= 15 is 0 Å². The molecule has 0 amide bonds. The number of morpholine rings is 1. The van der Waals surface area contributed by atoms with E-state index in [2.05, 4.69) is 26.3 Å². The minimum atomic E-state index is 0.433. The number of anilines is 1. The Labute approximate surface area is 159 Å². The van der Waals surface area contributed by atoms with Crippen molar-refractivity contribution in [3.05, 3.63) is 30.1 Å². The van der Waals surface area contributed by atoms with Crippen LogP contribution in [0, 0.1) is 11.3 Å². The van der Waals surface area contributed by atoms with E-state index in [9.17, 15) is 5.26 Å². The van der Waals surface area contributed by atoms with Gasteiger partial charge in [0, 0.05) is 30.6 Å². The van der Waals surface area contributed by atoms with Gasteiger partial charge in [-0.25, -0.2) is 9.97 Å². The maximum atomic E-state index is 9.18. The average molecular weight is 363 g/mol. The lowest BCUT2D eigenvalue weighted by Gasteiger charge is -2.41. The van der Waals surface area contributed by atoms with Crippen molar-refractivity contribution >= 4 is 16.7 Å². The van der Waals surface area contributed by atoms with Gasteiger partial charge in [0.1, 0.15) is 12.1 Å². The van der Waals surface area contributed by atoms with Crippen molar-refractivity contribution in [1.29, 1.82) is 5.26 Å². The molecule has 2 atom stereocenters. The van der Waals surface area contributed by atoms with Gasteiger partial charge in [-0.15, -0.1) is 0 Å². The van der Waals surface area contributed by atoms with Gasteiger partial charge in [-0.05, 0) is 56.7 Å². The Hall–Kier alpha value is -2.23. The van der Waals surface area contributed by atoms with E-state index in [4.69, 9.17) is 4.74 Å². The van der Waals surface area contributed by atoms with Crippen molar-refractivity contribution in [2.45, 2.75) is 62.8 Å². The Kier molecular flexibility index (Phi) is 4.42. The Morgan fingerprint density at radius 2 is 1.81 bits per heavy atom. The van der Waals surface area contributed by atoms with Gasteiger partial charge < -0.3 is 10.1 Å². The van der Waals surface area contributed by atoms with Crippen molar-refractivity contribution in [3.63, 3.8) is 0 Å². The summed E-state index contributed by atoms with van der Waals surface area (Å²) >= 11 is 0. The number of benzene rings is 1. The van der Waals surface area contributed by atoms with Crippen molar-refractivity contribution in [1.82, 2.24) is 14.9 Å². The first-order valence-electron chi connectivity index (χ1n) is 10.1. The number of likely N-dealkylation sites (tertiary alicyclic amines) is 1. The van der Waals surface area contributed by atoms with E-state index in [-0.39, 0.29) is 0 Å². The summed E-state index contributed by atoms with van der Waals surface area (Å²) in [5.41, 5.74) is 1.52. The van der Waals surface area contributed by atoms with Gasteiger partial charge >= 0.3 is 0 Å². The molecule has 1 aromatic heterocycles. The summed E-state index contributed by atoms with van der Waals surface area (Å²) in [6.45, 7) is 2.24. The fourth-order valence-corrected chi connectivity index (χ4v) is 4.96. The molecule has 0 unspecified atom stereocenters. The summed E-state index contributed by atoms with van der Waals surface area (Å²) in [6, 6.07) is 8.92. The third kappa shape index (κ3) is 3.38. The highest BCUT2D eigenvalue weighted by atomic mass is 16.5. The van der Waals surface area contributed by atoms with Gasteiger partial charge in [0.15, 0.2) is 0 Å².